The summed E-state index contributed by atoms with van der Waals surface area (Å²) in [5, 5.41) is 3.38. The number of fused-ring (bicyclic) bond motifs is 1. The van der Waals surface area contributed by atoms with Crippen LogP contribution < -0.4 is 10.1 Å². The third kappa shape index (κ3) is 4.61. The first-order valence-corrected chi connectivity index (χ1v) is 11.3. The maximum Gasteiger partial charge on any atom is 0.338 e. The molecule has 7 heteroatoms. The standard InChI is InChI=1S/C26H31FN2O4/c1-15(2)33-26(30)21-11-19-10-18(22-12-20(31-5)6-7-23(22)27)14-29(19)25(16(21)3)17(4)24-13-28-8-9-32-24/h6-7,10-12,14-15,17,24,28H,8-9,13H2,1-5H3. The number of carbonyl (C=O) groups excluding carboxylic acids is 1. The molecule has 33 heavy (non-hydrogen) atoms. The van der Waals surface area contributed by atoms with Crippen LogP contribution in [0.5, 0.6) is 5.75 Å². The van der Waals surface area contributed by atoms with Crippen LogP contribution in [-0.2, 0) is 9.47 Å². The first-order valence-electron chi connectivity index (χ1n) is 11.3. The van der Waals surface area contributed by atoms with Gasteiger partial charge in [0.25, 0.3) is 0 Å². The molecule has 0 amide bonds. The molecule has 0 spiro atoms. The average molecular weight is 455 g/mol. The third-order valence-corrected chi connectivity index (χ3v) is 6.18. The fourth-order valence-corrected chi connectivity index (χ4v) is 4.51. The molecule has 3 heterocycles. The molecule has 176 valence electrons. The Morgan fingerprint density at radius 3 is 2.70 bits per heavy atom. The molecule has 2 aromatic heterocycles. The lowest BCUT2D eigenvalue weighted by Gasteiger charge is -2.31. The van der Waals surface area contributed by atoms with Gasteiger partial charge in [-0.05, 0) is 56.7 Å². The quantitative estimate of drug-likeness (QED) is 0.546. The summed E-state index contributed by atoms with van der Waals surface area (Å²) in [7, 11) is 1.56. The second-order valence-electron chi connectivity index (χ2n) is 8.79. The van der Waals surface area contributed by atoms with Crippen LogP contribution in [0.3, 0.4) is 0 Å². The van der Waals surface area contributed by atoms with Crippen LogP contribution in [-0.4, -0.2) is 49.4 Å². The number of rotatable bonds is 6. The van der Waals surface area contributed by atoms with E-state index in [1.807, 2.05) is 43.5 Å². The molecule has 0 bridgehead atoms. The second kappa shape index (κ2) is 9.53. The highest BCUT2D eigenvalue weighted by atomic mass is 19.1. The molecule has 1 aromatic carbocycles. The zero-order valence-corrected chi connectivity index (χ0v) is 19.8. The van der Waals surface area contributed by atoms with Crippen molar-refractivity contribution in [1.29, 1.82) is 0 Å². The van der Waals surface area contributed by atoms with E-state index in [9.17, 15) is 9.18 Å². The Morgan fingerprint density at radius 1 is 1.24 bits per heavy atom. The summed E-state index contributed by atoms with van der Waals surface area (Å²) in [6.07, 6.45) is 1.64. The van der Waals surface area contributed by atoms with Crippen molar-refractivity contribution >= 4 is 11.5 Å². The highest BCUT2D eigenvalue weighted by Gasteiger charge is 2.28. The van der Waals surface area contributed by atoms with Crippen molar-refractivity contribution in [3.05, 3.63) is 59.2 Å². The van der Waals surface area contributed by atoms with Gasteiger partial charge in [-0.1, -0.05) is 6.92 Å². The number of halogens is 1. The minimum absolute atomic E-state index is 0.0116. The van der Waals surface area contributed by atoms with Crippen molar-refractivity contribution in [2.45, 2.75) is 45.8 Å². The molecule has 1 aliphatic rings. The van der Waals surface area contributed by atoms with Gasteiger partial charge in [0.15, 0.2) is 0 Å². The van der Waals surface area contributed by atoms with E-state index in [0.717, 1.165) is 29.9 Å². The van der Waals surface area contributed by atoms with E-state index in [1.165, 1.54) is 6.07 Å². The number of methoxy groups -OCH3 is 1. The molecule has 2 unspecified atom stereocenters. The monoisotopic (exact) mass is 454 g/mol. The summed E-state index contributed by atoms with van der Waals surface area (Å²) in [6.45, 7) is 9.88. The third-order valence-electron chi connectivity index (χ3n) is 6.18. The molecule has 2 atom stereocenters. The maximum atomic E-state index is 14.7. The van der Waals surface area contributed by atoms with Crippen molar-refractivity contribution in [3.63, 3.8) is 0 Å². The molecule has 1 fully saturated rings. The Labute approximate surface area is 193 Å². The Balaban J connectivity index is 1.90. The number of benzene rings is 1. The number of carbonyl (C=O) groups is 1. The summed E-state index contributed by atoms with van der Waals surface area (Å²) in [5.41, 5.74) is 4.23. The molecule has 4 rings (SSSR count). The minimum Gasteiger partial charge on any atom is -0.497 e. The SMILES string of the molecule is COc1ccc(F)c(-c2cc3cc(C(=O)OC(C)C)c(C)c(C(C)C4CNCCO4)n3c2)c1. The van der Waals surface area contributed by atoms with Crippen LogP contribution in [0.15, 0.2) is 36.5 Å². The average Bonchev–Trinajstić information content (AvgIpc) is 3.22. The normalized spacial score (nSPS) is 17.4. The Hall–Kier alpha value is -2.90. The van der Waals surface area contributed by atoms with E-state index in [-0.39, 0.29) is 29.9 Å². The highest BCUT2D eigenvalue weighted by molar-refractivity contribution is 5.93. The molecule has 3 aromatic rings. The maximum absolute atomic E-state index is 14.7. The number of pyridine rings is 1. The topological polar surface area (TPSA) is 61.2 Å². The van der Waals surface area contributed by atoms with Crippen LogP contribution in [0.4, 0.5) is 4.39 Å². The van der Waals surface area contributed by atoms with Crippen molar-refractivity contribution in [2.24, 2.45) is 0 Å². The van der Waals surface area contributed by atoms with Crippen molar-refractivity contribution < 1.29 is 23.4 Å². The summed E-state index contributed by atoms with van der Waals surface area (Å²) in [4.78, 5) is 12.9. The second-order valence-corrected chi connectivity index (χ2v) is 8.79. The van der Waals surface area contributed by atoms with Gasteiger partial charge in [0, 0.05) is 47.5 Å². The van der Waals surface area contributed by atoms with Gasteiger partial charge in [-0.2, -0.15) is 0 Å². The van der Waals surface area contributed by atoms with Gasteiger partial charge in [0.2, 0.25) is 0 Å². The van der Waals surface area contributed by atoms with Crippen LogP contribution in [0.1, 0.15) is 48.3 Å². The smallest absolute Gasteiger partial charge is 0.338 e. The summed E-state index contributed by atoms with van der Waals surface area (Å²) >= 11 is 0. The number of nitrogens with one attached hydrogen (secondary N) is 1. The van der Waals surface area contributed by atoms with E-state index >= 15 is 0 Å². The van der Waals surface area contributed by atoms with Crippen molar-refractivity contribution in [1.82, 2.24) is 9.72 Å². The zero-order chi connectivity index (χ0) is 23.7. The lowest BCUT2D eigenvalue weighted by Crippen LogP contribution is -2.41. The van der Waals surface area contributed by atoms with E-state index in [4.69, 9.17) is 14.2 Å². The number of hydrogen-bond acceptors (Lipinski definition) is 5. The Kier molecular flexibility index (Phi) is 6.72. The first kappa shape index (κ1) is 23.3. The number of nitrogens with zero attached hydrogens (tertiary/aromatic N) is 1. The van der Waals surface area contributed by atoms with E-state index in [0.29, 0.717) is 29.0 Å². The van der Waals surface area contributed by atoms with Crippen molar-refractivity contribution in [3.8, 4) is 16.9 Å². The summed E-state index contributed by atoms with van der Waals surface area (Å²) < 4.78 is 33.6. The molecular weight excluding hydrogens is 423 g/mol. The predicted molar refractivity (Wildman–Crippen MR) is 126 cm³/mol. The van der Waals surface area contributed by atoms with E-state index in [1.54, 1.807) is 19.2 Å². The van der Waals surface area contributed by atoms with Gasteiger partial charge in [-0.3, -0.25) is 0 Å². The van der Waals surface area contributed by atoms with Gasteiger partial charge >= 0.3 is 5.97 Å². The van der Waals surface area contributed by atoms with Gasteiger partial charge in [0.05, 0.1) is 31.5 Å². The Bertz CT molecular complexity index is 1160. The van der Waals surface area contributed by atoms with E-state index in [2.05, 4.69) is 12.2 Å². The molecule has 0 aliphatic carbocycles. The van der Waals surface area contributed by atoms with E-state index < -0.39 is 0 Å². The molecule has 0 radical (unpaired) electrons. The number of aromatic nitrogens is 1. The van der Waals surface area contributed by atoms with Gasteiger partial charge in [-0.25, -0.2) is 9.18 Å². The lowest BCUT2D eigenvalue weighted by molar-refractivity contribution is 0.0134. The Morgan fingerprint density at radius 2 is 2.03 bits per heavy atom. The molecule has 1 saturated heterocycles. The largest absolute Gasteiger partial charge is 0.497 e. The molecule has 1 aliphatic heterocycles. The fraction of sp³-hybridized carbons (Fsp3) is 0.423. The van der Waals surface area contributed by atoms with Crippen LogP contribution in [0.25, 0.3) is 16.6 Å². The zero-order valence-electron chi connectivity index (χ0n) is 19.8. The van der Waals surface area contributed by atoms with Gasteiger partial charge < -0.3 is 23.9 Å². The summed E-state index contributed by atoms with van der Waals surface area (Å²) in [5.74, 6) is -0.134. The minimum atomic E-state index is -0.364. The number of esters is 1. The molecule has 6 nitrogen and oxygen atoms in total. The molecule has 0 saturated carbocycles. The molecular formula is C26H31FN2O4. The summed E-state index contributed by atoms with van der Waals surface area (Å²) in [6, 6.07) is 8.39. The number of ether oxygens (including phenoxy) is 3. The number of morpholine rings is 1. The van der Waals surface area contributed by atoms with Crippen LogP contribution in [0, 0.1) is 12.7 Å². The van der Waals surface area contributed by atoms with Crippen LogP contribution in [0.2, 0.25) is 0 Å². The number of hydrogen-bond donors (Lipinski definition) is 1. The fourth-order valence-electron chi connectivity index (χ4n) is 4.51. The highest BCUT2D eigenvalue weighted by Crippen LogP contribution is 2.34. The van der Waals surface area contributed by atoms with Crippen molar-refractivity contribution in [2.75, 3.05) is 26.8 Å². The van der Waals surface area contributed by atoms with Crippen LogP contribution >= 0.6 is 0 Å². The molecule has 1 N–H and O–H groups in total. The lowest BCUT2D eigenvalue weighted by atomic mass is 9.93. The first-order chi connectivity index (χ1) is 15.8. The van der Waals surface area contributed by atoms with Gasteiger partial charge in [0.1, 0.15) is 11.6 Å². The predicted octanol–water partition coefficient (Wildman–Crippen LogP) is 4.72. The van der Waals surface area contributed by atoms with Gasteiger partial charge in [-0.15, -0.1) is 0 Å².